The van der Waals surface area contributed by atoms with Crippen LogP contribution in [0.25, 0.3) is 0 Å². The van der Waals surface area contributed by atoms with E-state index in [1.54, 1.807) is 0 Å². The minimum atomic E-state index is -1.47. The Balaban J connectivity index is 2.66. The molecule has 3 unspecified atom stereocenters. The van der Waals surface area contributed by atoms with Gasteiger partial charge in [-0.25, -0.2) is 9.59 Å². The molecule has 1 heterocycles. The maximum Gasteiger partial charge on any atom is 0.326 e. The molecule has 0 spiro atoms. The normalized spacial score (nSPS) is 24.0. The molecule has 0 aromatic rings. The van der Waals surface area contributed by atoms with Crippen LogP contribution in [0.3, 0.4) is 0 Å². The van der Waals surface area contributed by atoms with E-state index >= 15 is 0 Å². The van der Waals surface area contributed by atoms with Gasteiger partial charge >= 0.3 is 18.0 Å². The minimum Gasteiger partial charge on any atom is -0.481 e. The second-order valence-electron chi connectivity index (χ2n) is 4.65. The highest BCUT2D eigenvalue weighted by molar-refractivity contribution is 5.86. The number of hydrogen-bond acceptors (Lipinski definition) is 4. The third kappa shape index (κ3) is 3.82. The molecule has 8 heteroatoms. The number of carbonyl (C=O) groups excluding carboxylic acids is 1. The van der Waals surface area contributed by atoms with Gasteiger partial charge in [0.2, 0.25) is 0 Å². The molecule has 0 bridgehead atoms. The summed E-state index contributed by atoms with van der Waals surface area (Å²) in [5, 5.41) is 28.8. The molecule has 19 heavy (non-hydrogen) atoms. The first-order valence-electron chi connectivity index (χ1n) is 5.99. The highest BCUT2D eigenvalue weighted by Crippen LogP contribution is 2.23. The summed E-state index contributed by atoms with van der Waals surface area (Å²) in [6.07, 6.45) is 0.0313. The molecule has 0 radical (unpaired) electrons. The van der Waals surface area contributed by atoms with E-state index in [2.05, 4.69) is 5.32 Å². The number of carbonyl (C=O) groups is 3. The number of likely N-dealkylation sites (tertiary alicyclic amines) is 1. The van der Waals surface area contributed by atoms with Gasteiger partial charge in [0, 0.05) is 6.54 Å². The first kappa shape index (κ1) is 15.2. The van der Waals surface area contributed by atoms with Crippen LogP contribution >= 0.6 is 0 Å². The van der Waals surface area contributed by atoms with E-state index in [1.165, 1.54) is 4.90 Å². The number of nitrogens with one attached hydrogen (secondary N) is 1. The molecule has 0 aromatic heterocycles. The van der Waals surface area contributed by atoms with Crippen LogP contribution in [0.15, 0.2) is 0 Å². The number of hydrogen-bond donors (Lipinski definition) is 4. The summed E-state index contributed by atoms with van der Waals surface area (Å²) in [7, 11) is 0. The molecule has 1 aliphatic heterocycles. The Morgan fingerprint density at radius 3 is 2.47 bits per heavy atom. The summed E-state index contributed by atoms with van der Waals surface area (Å²) < 4.78 is 0. The lowest BCUT2D eigenvalue weighted by Crippen LogP contribution is -2.51. The van der Waals surface area contributed by atoms with Crippen molar-refractivity contribution < 1.29 is 29.7 Å². The largest absolute Gasteiger partial charge is 0.481 e. The number of carboxylic acid groups (broad SMARTS) is 2. The number of nitrogens with zero attached hydrogens (tertiary/aromatic N) is 1. The Morgan fingerprint density at radius 2 is 2.00 bits per heavy atom. The maximum absolute atomic E-state index is 11.9. The standard InChI is InChI=1S/C11H18N2O6/c1-6-2-3-13(8(6)5-14)11(19)12-7(10(17)18)4-9(15)16/h6-8,14H,2-5H2,1H3,(H,12,19)(H,15,16)(H,17,18). The van der Waals surface area contributed by atoms with Gasteiger partial charge in [-0.1, -0.05) is 6.92 Å². The van der Waals surface area contributed by atoms with E-state index in [4.69, 9.17) is 10.2 Å². The van der Waals surface area contributed by atoms with E-state index in [1.807, 2.05) is 6.92 Å². The molecule has 1 rings (SSSR count). The molecule has 0 aromatic carbocycles. The van der Waals surface area contributed by atoms with Crippen LogP contribution in [0, 0.1) is 5.92 Å². The Labute approximate surface area is 110 Å². The second-order valence-corrected chi connectivity index (χ2v) is 4.65. The first-order chi connectivity index (χ1) is 8.86. The Bertz CT molecular complexity index is 372. The van der Waals surface area contributed by atoms with Crippen molar-refractivity contribution in [1.29, 1.82) is 0 Å². The van der Waals surface area contributed by atoms with Crippen molar-refractivity contribution in [2.45, 2.75) is 31.8 Å². The Hall–Kier alpha value is -1.83. The fourth-order valence-electron chi connectivity index (χ4n) is 2.15. The van der Waals surface area contributed by atoms with E-state index < -0.39 is 30.4 Å². The number of aliphatic hydroxyl groups excluding tert-OH is 1. The van der Waals surface area contributed by atoms with Crippen molar-refractivity contribution in [3.63, 3.8) is 0 Å². The van der Waals surface area contributed by atoms with Crippen LogP contribution in [0.2, 0.25) is 0 Å². The molecule has 1 fully saturated rings. The molecule has 2 amide bonds. The maximum atomic E-state index is 11.9. The average Bonchev–Trinajstić information content (AvgIpc) is 2.68. The van der Waals surface area contributed by atoms with Crippen molar-refractivity contribution in [3.8, 4) is 0 Å². The van der Waals surface area contributed by atoms with Gasteiger partial charge in [0.15, 0.2) is 0 Å². The molecular formula is C11H18N2O6. The smallest absolute Gasteiger partial charge is 0.326 e. The molecule has 1 aliphatic rings. The number of aliphatic hydroxyl groups is 1. The van der Waals surface area contributed by atoms with Gasteiger partial charge in [0.05, 0.1) is 19.1 Å². The SMILES string of the molecule is CC1CCN(C(=O)NC(CC(=O)O)C(=O)O)C1CO. The van der Waals surface area contributed by atoms with Crippen molar-refractivity contribution >= 4 is 18.0 Å². The molecule has 4 N–H and O–H groups in total. The van der Waals surface area contributed by atoms with Crippen LogP contribution in [0.4, 0.5) is 4.79 Å². The van der Waals surface area contributed by atoms with E-state index in [-0.39, 0.29) is 18.6 Å². The number of urea groups is 1. The van der Waals surface area contributed by atoms with Crippen molar-refractivity contribution in [2.75, 3.05) is 13.2 Å². The Morgan fingerprint density at radius 1 is 1.37 bits per heavy atom. The van der Waals surface area contributed by atoms with Crippen LogP contribution in [0.5, 0.6) is 0 Å². The van der Waals surface area contributed by atoms with Crippen LogP contribution in [-0.4, -0.2) is 63.4 Å². The summed E-state index contributed by atoms with van der Waals surface area (Å²) >= 11 is 0. The monoisotopic (exact) mass is 274 g/mol. The van der Waals surface area contributed by atoms with Gasteiger partial charge in [0.25, 0.3) is 0 Å². The van der Waals surface area contributed by atoms with Crippen molar-refractivity contribution in [2.24, 2.45) is 5.92 Å². The van der Waals surface area contributed by atoms with Gasteiger partial charge in [-0.3, -0.25) is 4.79 Å². The number of rotatable bonds is 5. The van der Waals surface area contributed by atoms with Crippen LogP contribution < -0.4 is 5.32 Å². The third-order valence-electron chi connectivity index (χ3n) is 3.30. The lowest BCUT2D eigenvalue weighted by atomic mass is 10.0. The molecule has 3 atom stereocenters. The number of carboxylic acids is 2. The molecule has 0 aliphatic carbocycles. The van der Waals surface area contributed by atoms with Gasteiger partial charge in [-0.15, -0.1) is 0 Å². The molecular weight excluding hydrogens is 256 g/mol. The van der Waals surface area contributed by atoms with Gasteiger partial charge in [0.1, 0.15) is 6.04 Å². The van der Waals surface area contributed by atoms with E-state index in [0.717, 1.165) is 6.42 Å². The van der Waals surface area contributed by atoms with Crippen molar-refractivity contribution in [1.82, 2.24) is 10.2 Å². The molecule has 0 saturated carbocycles. The molecule has 108 valence electrons. The van der Waals surface area contributed by atoms with Crippen molar-refractivity contribution in [3.05, 3.63) is 0 Å². The van der Waals surface area contributed by atoms with Gasteiger partial charge in [-0.2, -0.15) is 0 Å². The topological polar surface area (TPSA) is 127 Å². The van der Waals surface area contributed by atoms with Gasteiger partial charge in [-0.05, 0) is 12.3 Å². The van der Waals surface area contributed by atoms with E-state index in [9.17, 15) is 19.5 Å². The fraction of sp³-hybridized carbons (Fsp3) is 0.727. The van der Waals surface area contributed by atoms with Gasteiger partial charge < -0.3 is 25.5 Å². The third-order valence-corrected chi connectivity index (χ3v) is 3.30. The summed E-state index contributed by atoms with van der Waals surface area (Å²) in [5.74, 6) is -2.58. The minimum absolute atomic E-state index is 0.124. The molecule has 1 saturated heterocycles. The summed E-state index contributed by atoms with van der Waals surface area (Å²) in [4.78, 5) is 34.6. The van der Waals surface area contributed by atoms with Crippen LogP contribution in [-0.2, 0) is 9.59 Å². The fourth-order valence-corrected chi connectivity index (χ4v) is 2.15. The number of aliphatic carboxylic acids is 2. The summed E-state index contributed by atoms with van der Waals surface area (Å²) in [6, 6.07) is -2.49. The summed E-state index contributed by atoms with van der Waals surface area (Å²) in [6.45, 7) is 2.10. The average molecular weight is 274 g/mol. The highest BCUT2D eigenvalue weighted by atomic mass is 16.4. The van der Waals surface area contributed by atoms with E-state index in [0.29, 0.717) is 6.54 Å². The predicted molar refractivity (Wildman–Crippen MR) is 63.6 cm³/mol. The zero-order chi connectivity index (χ0) is 14.6. The predicted octanol–water partition coefficient (Wildman–Crippen LogP) is -0.673. The first-order valence-corrected chi connectivity index (χ1v) is 5.99. The Kier molecular flexibility index (Phi) is 5.11. The summed E-state index contributed by atoms with van der Waals surface area (Å²) in [5.41, 5.74) is 0. The lowest BCUT2D eigenvalue weighted by molar-refractivity contribution is -0.145. The second kappa shape index (κ2) is 6.37. The highest BCUT2D eigenvalue weighted by Gasteiger charge is 2.35. The number of amides is 2. The molecule has 8 nitrogen and oxygen atoms in total. The van der Waals surface area contributed by atoms with Crippen LogP contribution in [0.1, 0.15) is 19.8 Å². The zero-order valence-electron chi connectivity index (χ0n) is 10.6. The lowest BCUT2D eigenvalue weighted by Gasteiger charge is -2.26. The zero-order valence-corrected chi connectivity index (χ0v) is 10.6. The quantitative estimate of drug-likeness (QED) is 0.526.